The van der Waals surface area contributed by atoms with Crippen LogP contribution in [0.4, 0.5) is 0 Å². The van der Waals surface area contributed by atoms with Crippen molar-refractivity contribution in [1.82, 2.24) is 10.6 Å². The maximum Gasteiger partial charge on any atom is 0.268 e. The van der Waals surface area contributed by atoms with Gasteiger partial charge in [0.1, 0.15) is 11.4 Å². The number of halogens is 1. The summed E-state index contributed by atoms with van der Waals surface area (Å²) in [7, 11) is 0. The number of nitrogens with one attached hydrogen (secondary N) is 2. The molecule has 0 aliphatic carbocycles. The molecule has 0 saturated heterocycles. The van der Waals surface area contributed by atoms with Crippen LogP contribution in [0.25, 0.3) is 6.08 Å². The highest BCUT2D eigenvalue weighted by molar-refractivity contribution is 6.30. The van der Waals surface area contributed by atoms with E-state index in [4.69, 9.17) is 16.3 Å². The van der Waals surface area contributed by atoms with Crippen molar-refractivity contribution in [3.8, 4) is 5.75 Å². The van der Waals surface area contributed by atoms with Crippen molar-refractivity contribution in [2.75, 3.05) is 13.2 Å². The number of benzene rings is 2. The van der Waals surface area contributed by atoms with Gasteiger partial charge in [-0.15, -0.1) is 6.58 Å². The number of carbonyl (C=O) groups excluding carboxylic acids is 2. The van der Waals surface area contributed by atoms with Crippen molar-refractivity contribution in [2.45, 2.75) is 19.8 Å². The molecule has 0 spiro atoms. The van der Waals surface area contributed by atoms with E-state index in [0.717, 1.165) is 18.4 Å². The number of unbranched alkanes of at least 4 members (excludes halogenated alkanes) is 1. The molecular formula is C23H25ClN2O3. The minimum absolute atomic E-state index is 0.127. The molecule has 0 bridgehead atoms. The molecule has 6 heteroatoms. The van der Waals surface area contributed by atoms with E-state index in [1.165, 1.54) is 0 Å². The molecule has 2 amide bonds. The van der Waals surface area contributed by atoms with Crippen molar-refractivity contribution in [1.29, 1.82) is 0 Å². The van der Waals surface area contributed by atoms with Crippen LogP contribution in [0.2, 0.25) is 5.02 Å². The van der Waals surface area contributed by atoms with Gasteiger partial charge >= 0.3 is 0 Å². The molecule has 0 radical (unpaired) electrons. The second-order valence-corrected chi connectivity index (χ2v) is 6.73. The maximum atomic E-state index is 12.6. The van der Waals surface area contributed by atoms with E-state index in [-0.39, 0.29) is 18.1 Å². The Morgan fingerprint density at radius 1 is 1.10 bits per heavy atom. The van der Waals surface area contributed by atoms with Gasteiger partial charge in [-0.1, -0.05) is 43.2 Å². The molecule has 2 rings (SSSR count). The first-order chi connectivity index (χ1) is 14.0. The van der Waals surface area contributed by atoms with Gasteiger partial charge in [0.05, 0.1) is 6.61 Å². The topological polar surface area (TPSA) is 67.4 Å². The van der Waals surface area contributed by atoms with E-state index < -0.39 is 5.91 Å². The zero-order valence-corrected chi connectivity index (χ0v) is 17.2. The van der Waals surface area contributed by atoms with Gasteiger partial charge in [0.15, 0.2) is 0 Å². The summed E-state index contributed by atoms with van der Waals surface area (Å²) in [6.45, 7) is 6.60. The summed E-state index contributed by atoms with van der Waals surface area (Å²) in [4.78, 5) is 25.1. The second-order valence-electron chi connectivity index (χ2n) is 6.29. The first-order valence-corrected chi connectivity index (χ1v) is 9.82. The summed E-state index contributed by atoms with van der Waals surface area (Å²) in [5.41, 5.74) is 1.28. The lowest BCUT2D eigenvalue weighted by molar-refractivity contribution is -0.117. The maximum absolute atomic E-state index is 12.6. The molecule has 2 N–H and O–H groups in total. The van der Waals surface area contributed by atoms with Crippen molar-refractivity contribution < 1.29 is 14.3 Å². The molecule has 0 saturated carbocycles. The van der Waals surface area contributed by atoms with Crippen molar-refractivity contribution >= 4 is 29.5 Å². The molecule has 152 valence electrons. The fourth-order valence-corrected chi connectivity index (χ4v) is 2.50. The first-order valence-electron chi connectivity index (χ1n) is 9.44. The van der Waals surface area contributed by atoms with E-state index in [2.05, 4.69) is 24.1 Å². The Morgan fingerprint density at radius 3 is 2.41 bits per heavy atom. The van der Waals surface area contributed by atoms with Gasteiger partial charge in [-0.25, -0.2) is 0 Å². The minimum atomic E-state index is -0.410. The Labute approximate surface area is 176 Å². The number of rotatable bonds is 10. The van der Waals surface area contributed by atoms with Gasteiger partial charge < -0.3 is 15.4 Å². The number of carbonyl (C=O) groups is 2. The van der Waals surface area contributed by atoms with E-state index in [9.17, 15) is 9.59 Å². The molecule has 0 atom stereocenters. The van der Waals surface area contributed by atoms with Gasteiger partial charge in [-0.3, -0.25) is 9.59 Å². The largest absolute Gasteiger partial charge is 0.494 e. The highest BCUT2D eigenvalue weighted by atomic mass is 35.5. The van der Waals surface area contributed by atoms with Crippen LogP contribution in [0.5, 0.6) is 5.75 Å². The Kier molecular flexibility index (Phi) is 8.99. The van der Waals surface area contributed by atoms with Crippen molar-refractivity contribution in [3.05, 3.63) is 83.0 Å². The number of hydrogen-bond acceptors (Lipinski definition) is 3. The van der Waals surface area contributed by atoms with Gasteiger partial charge in [0, 0.05) is 17.1 Å². The predicted molar refractivity (Wildman–Crippen MR) is 117 cm³/mol. The molecule has 29 heavy (non-hydrogen) atoms. The fourth-order valence-electron chi connectivity index (χ4n) is 2.38. The van der Waals surface area contributed by atoms with Crippen molar-refractivity contribution in [2.24, 2.45) is 0 Å². The summed E-state index contributed by atoms with van der Waals surface area (Å²) in [5, 5.41) is 5.94. The molecule has 0 aliphatic heterocycles. The van der Waals surface area contributed by atoms with E-state index in [1.54, 1.807) is 60.7 Å². The van der Waals surface area contributed by atoms with Crippen LogP contribution < -0.4 is 15.4 Å². The molecular weight excluding hydrogens is 388 g/mol. The SMILES string of the molecule is C=CCNC(=O)/C(=C\c1ccc(Cl)cc1)NC(=O)c1ccc(OCCCC)cc1. The van der Waals surface area contributed by atoms with Crippen LogP contribution in [0.3, 0.4) is 0 Å². The summed E-state index contributed by atoms with van der Waals surface area (Å²) < 4.78 is 5.61. The number of ether oxygens (including phenoxy) is 1. The van der Waals surface area contributed by atoms with Crippen LogP contribution in [0, 0.1) is 0 Å². The van der Waals surface area contributed by atoms with Gasteiger partial charge in [0.25, 0.3) is 11.8 Å². The third-order valence-corrected chi connectivity index (χ3v) is 4.22. The Morgan fingerprint density at radius 2 is 1.79 bits per heavy atom. The molecule has 0 unspecified atom stereocenters. The summed E-state index contributed by atoms with van der Waals surface area (Å²) >= 11 is 5.91. The molecule has 0 aliphatic rings. The van der Waals surface area contributed by atoms with Crippen LogP contribution in [-0.4, -0.2) is 25.0 Å². The zero-order valence-electron chi connectivity index (χ0n) is 16.4. The smallest absolute Gasteiger partial charge is 0.268 e. The highest BCUT2D eigenvalue weighted by Gasteiger charge is 2.14. The average Bonchev–Trinajstić information content (AvgIpc) is 2.73. The lowest BCUT2D eigenvalue weighted by Crippen LogP contribution is -2.34. The van der Waals surface area contributed by atoms with Crippen LogP contribution in [0.15, 0.2) is 66.9 Å². The lowest BCUT2D eigenvalue weighted by atomic mass is 10.1. The van der Waals surface area contributed by atoms with E-state index in [0.29, 0.717) is 22.9 Å². The van der Waals surface area contributed by atoms with Crippen LogP contribution >= 0.6 is 11.6 Å². The monoisotopic (exact) mass is 412 g/mol. The molecule has 5 nitrogen and oxygen atoms in total. The first kappa shape index (κ1) is 22.2. The summed E-state index contributed by atoms with van der Waals surface area (Å²) in [5.74, 6) is -0.0950. The molecule has 2 aromatic rings. The molecule has 0 fully saturated rings. The second kappa shape index (κ2) is 11.7. The Balaban J connectivity index is 2.14. The molecule has 0 heterocycles. The molecule has 0 aromatic heterocycles. The summed E-state index contributed by atoms with van der Waals surface area (Å²) in [6.07, 6.45) is 5.18. The minimum Gasteiger partial charge on any atom is -0.494 e. The lowest BCUT2D eigenvalue weighted by Gasteiger charge is -2.11. The van der Waals surface area contributed by atoms with E-state index >= 15 is 0 Å². The van der Waals surface area contributed by atoms with Gasteiger partial charge in [-0.05, 0) is 54.5 Å². The zero-order chi connectivity index (χ0) is 21.1. The molecule has 2 aromatic carbocycles. The Hall–Kier alpha value is -3.05. The fraction of sp³-hybridized carbons (Fsp3) is 0.217. The highest BCUT2D eigenvalue weighted by Crippen LogP contribution is 2.15. The van der Waals surface area contributed by atoms with Gasteiger partial charge in [-0.2, -0.15) is 0 Å². The third-order valence-electron chi connectivity index (χ3n) is 3.96. The van der Waals surface area contributed by atoms with Gasteiger partial charge in [0.2, 0.25) is 0 Å². The van der Waals surface area contributed by atoms with Crippen molar-refractivity contribution in [3.63, 3.8) is 0 Å². The predicted octanol–water partition coefficient (Wildman–Crippen LogP) is 4.59. The normalized spacial score (nSPS) is 10.9. The number of hydrogen-bond donors (Lipinski definition) is 2. The third kappa shape index (κ3) is 7.47. The summed E-state index contributed by atoms with van der Waals surface area (Å²) in [6, 6.07) is 13.8. The van der Waals surface area contributed by atoms with E-state index in [1.807, 2.05) is 0 Å². The van der Waals surface area contributed by atoms with Crippen LogP contribution in [0.1, 0.15) is 35.7 Å². The van der Waals surface area contributed by atoms with Crippen LogP contribution in [-0.2, 0) is 4.79 Å². The Bertz CT molecular complexity index is 859. The standard InChI is InChI=1S/C23H25ClN2O3/c1-3-5-15-29-20-12-8-18(9-13-20)22(27)26-21(23(28)25-14-4-2)16-17-6-10-19(24)11-7-17/h4,6-13,16H,2-3,5,14-15H2,1H3,(H,25,28)(H,26,27)/b21-16+. The number of amides is 2. The quantitative estimate of drug-likeness (QED) is 0.340. The average molecular weight is 413 g/mol.